The van der Waals surface area contributed by atoms with E-state index in [4.69, 9.17) is 5.73 Å². The van der Waals surface area contributed by atoms with E-state index in [0.717, 1.165) is 4.47 Å². The van der Waals surface area contributed by atoms with Gasteiger partial charge in [0.25, 0.3) is 5.91 Å². The maximum absolute atomic E-state index is 12.3. The summed E-state index contributed by atoms with van der Waals surface area (Å²) in [5, 5.41) is 3.09. The highest BCUT2D eigenvalue weighted by Crippen LogP contribution is 2.27. The Bertz CT molecular complexity index is 455. The molecule has 0 spiro atoms. The fourth-order valence-electron chi connectivity index (χ4n) is 2.76. The minimum Gasteiger partial charge on any atom is -0.398 e. The molecule has 4 heteroatoms. The molecule has 2 rings (SSSR count). The highest BCUT2D eigenvalue weighted by molar-refractivity contribution is 9.10. The lowest BCUT2D eigenvalue weighted by Gasteiger charge is -2.28. The Balaban J connectivity index is 2.01. The number of carbonyl (C=O) groups is 1. The lowest BCUT2D eigenvalue weighted by atomic mass is 9.84. The molecule has 1 aliphatic carbocycles. The number of amides is 1. The van der Waals surface area contributed by atoms with Gasteiger partial charge in [-0.3, -0.25) is 4.79 Å². The molecular weight excluding hydrogens is 304 g/mol. The molecule has 0 radical (unpaired) electrons. The van der Waals surface area contributed by atoms with Crippen molar-refractivity contribution in [3.63, 3.8) is 0 Å². The van der Waals surface area contributed by atoms with Crippen LogP contribution in [0.1, 0.15) is 49.4 Å². The molecule has 0 heterocycles. The molecule has 1 fully saturated rings. The van der Waals surface area contributed by atoms with Crippen molar-refractivity contribution in [2.45, 2.75) is 45.1 Å². The number of benzene rings is 1. The Kier molecular flexibility index (Phi) is 4.86. The molecule has 1 amide bonds. The van der Waals surface area contributed by atoms with Crippen LogP contribution in [-0.2, 0) is 0 Å². The second-order valence-corrected chi connectivity index (χ2v) is 6.31. The summed E-state index contributed by atoms with van der Waals surface area (Å²) < 4.78 is 0.872. The van der Waals surface area contributed by atoms with E-state index in [1.54, 1.807) is 12.1 Å². The Labute approximate surface area is 123 Å². The van der Waals surface area contributed by atoms with Gasteiger partial charge in [-0.15, -0.1) is 0 Å². The summed E-state index contributed by atoms with van der Waals surface area (Å²) >= 11 is 3.37. The summed E-state index contributed by atoms with van der Waals surface area (Å²) in [5.41, 5.74) is 6.94. The van der Waals surface area contributed by atoms with Crippen LogP contribution in [0.3, 0.4) is 0 Å². The predicted molar refractivity (Wildman–Crippen MR) is 82.1 cm³/mol. The minimum absolute atomic E-state index is 0.0723. The first kappa shape index (κ1) is 14.4. The minimum atomic E-state index is -0.0723. The number of hydrogen-bond acceptors (Lipinski definition) is 2. The Morgan fingerprint density at radius 1 is 1.37 bits per heavy atom. The van der Waals surface area contributed by atoms with Gasteiger partial charge < -0.3 is 11.1 Å². The number of hydrogen-bond donors (Lipinski definition) is 2. The molecule has 19 heavy (non-hydrogen) atoms. The van der Waals surface area contributed by atoms with E-state index in [1.807, 2.05) is 6.07 Å². The Morgan fingerprint density at radius 2 is 2.05 bits per heavy atom. The number of anilines is 1. The average Bonchev–Trinajstić information content (AvgIpc) is 2.42. The zero-order chi connectivity index (χ0) is 13.8. The third kappa shape index (κ3) is 3.72. The topological polar surface area (TPSA) is 55.1 Å². The van der Waals surface area contributed by atoms with Crippen molar-refractivity contribution in [3.05, 3.63) is 28.2 Å². The summed E-state index contributed by atoms with van der Waals surface area (Å²) in [4.78, 5) is 12.3. The third-order valence-corrected chi connectivity index (χ3v) is 4.47. The lowest BCUT2D eigenvalue weighted by molar-refractivity contribution is 0.0920. The number of halogens is 1. The zero-order valence-electron chi connectivity index (χ0n) is 11.3. The van der Waals surface area contributed by atoms with Gasteiger partial charge in [-0.25, -0.2) is 0 Å². The second-order valence-electron chi connectivity index (χ2n) is 5.39. The maximum atomic E-state index is 12.3. The SMILES string of the molecule is C[C@@H](NC(=O)c1cc(Br)ccc1N)C1CCCCC1. The number of nitrogens with one attached hydrogen (secondary N) is 1. The predicted octanol–water partition coefficient (Wildman–Crippen LogP) is 3.73. The van der Waals surface area contributed by atoms with E-state index in [-0.39, 0.29) is 11.9 Å². The van der Waals surface area contributed by atoms with Gasteiger partial charge in [-0.1, -0.05) is 35.2 Å². The summed E-state index contributed by atoms with van der Waals surface area (Å²) in [6.45, 7) is 2.10. The van der Waals surface area contributed by atoms with Gasteiger partial charge in [0.1, 0.15) is 0 Å². The van der Waals surface area contributed by atoms with Crippen molar-refractivity contribution < 1.29 is 4.79 Å². The van der Waals surface area contributed by atoms with E-state index in [1.165, 1.54) is 32.1 Å². The van der Waals surface area contributed by atoms with Gasteiger partial charge in [0.15, 0.2) is 0 Å². The number of carbonyl (C=O) groups excluding carboxylic acids is 1. The molecular formula is C15H21BrN2O. The summed E-state index contributed by atoms with van der Waals surface area (Å²) in [5.74, 6) is 0.531. The first-order valence-electron chi connectivity index (χ1n) is 6.94. The van der Waals surface area contributed by atoms with Gasteiger partial charge in [-0.05, 0) is 43.9 Å². The molecule has 1 aliphatic rings. The molecule has 0 unspecified atom stereocenters. The summed E-state index contributed by atoms with van der Waals surface area (Å²) in [7, 11) is 0. The molecule has 1 saturated carbocycles. The molecule has 3 nitrogen and oxygen atoms in total. The van der Waals surface area contributed by atoms with Crippen molar-refractivity contribution in [2.75, 3.05) is 5.73 Å². The van der Waals surface area contributed by atoms with Crippen LogP contribution in [0.4, 0.5) is 5.69 Å². The first-order chi connectivity index (χ1) is 9.08. The number of rotatable bonds is 3. The number of nitrogen functional groups attached to an aromatic ring is 1. The lowest BCUT2D eigenvalue weighted by Crippen LogP contribution is -2.39. The van der Waals surface area contributed by atoms with E-state index in [9.17, 15) is 4.79 Å². The van der Waals surface area contributed by atoms with Gasteiger partial charge in [0.05, 0.1) is 5.56 Å². The molecule has 0 saturated heterocycles. The standard InChI is InChI=1S/C15H21BrN2O/c1-10(11-5-3-2-4-6-11)18-15(19)13-9-12(16)7-8-14(13)17/h7-11H,2-6,17H2,1H3,(H,18,19)/t10-/m1/s1. The molecule has 104 valence electrons. The number of nitrogens with two attached hydrogens (primary N) is 1. The van der Waals surface area contributed by atoms with Crippen LogP contribution in [-0.4, -0.2) is 11.9 Å². The van der Waals surface area contributed by atoms with Crippen molar-refractivity contribution in [3.8, 4) is 0 Å². The fourth-order valence-corrected chi connectivity index (χ4v) is 3.12. The monoisotopic (exact) mass is 324 g/mol. The van der Waals surface area contributed by atoms with Gasteiger partial charge in [0, 0.05) is 16.2 Å². The van der Waals surface area contributed by atoms with E-state index < -0.39 is 0 Å². The molecule has 1 atom stereocenters. The maximum Gasteiger partial charge on any atom is 0.253 e. The molecule has 3 N–H and O–H groups in total. The zero-order valence-corrected chi connectivity index (χ0v) is 12.9. The highest BCUT2D eigenvalue weighted by Gasteiger charge is 2.22. The molecule has 0 aromatic heterocycles. The van der Waals surface area contributed by atoms with Crippen molar-refractivity contribution >= 4 is 27.5 Å². The molecule has 0 aliphatic heterocycles. The second kappa shape index (κ2) is 6.42. The fraction of sp³-hybridized carbons (Fsp3) is 0.533. The third-order valence-electron chi connectivity index (χ3n) is 3.98. The van der Waals surface area contributed by atoms with E-state index in [2.05, 4.69) is 28.2 Å². The average molecular weight is 325 g/mol. The van der Waals surface area contributed by atoms with Gasteiger partial charge >= 0.3 is 0 Å². The smallest absolute Gasteiger partial charge is 0.253 e. The summed E-state index contributed by atoms with van der Waals surface area (Å²) in [6, 6.07) is 5.59. The van der Waals surface area contributed by atoms with Crippen LogP contribution in [0.5, 0.6) is 0 Å². The highest BCUT2D eigenvalue weighted by atomic mass is 79.9. The Morgan fingerprint density at radius 3 is 2.74 bits per heavy atom. The first-order valence-corrected chi connectivity index (χ1v) is 7.73. The Hall–Kier alpha value is -1.03. The molecule has 0 bridgehead atoms. The normalized spacial score (nSPS) is 18.0. The van der Waals surface area contributed by atoms with Crippen LogP contribution in [0.15, 0.2) is 22.7 Å². The quantitative estimate of drug-likeness (QED) is 0.832. The van der Waals surface area contributed by atoms with Crippen LogP contribution in [0, 0.1) is 5.92 Å². The molecule has 1 aromatic rings. The van der Waals surface area contributed by atoms with Crippen LogP contribution >= 0.6 is 15.9 Å². The van der Waals surface area contributed by atoms with Gasteiger partial charge in [0.2, 0.25) is 0 Å². The van der Waals surface area contributed by atoms with Crippen molar-refractivity contribution in [2.24, 2.45) is 5.92 Å². The molecule has 1 aromatic carbocycles. The van der Waals surface area contributed by atoms with Crippen LogP contribution < -0.4 is 11.1 Å². The van der Waals surface area contributed by atoms with Crippen molar-refractivity contribution in [1.29, 1.82) is 0 Å². The summed E-state index contributed by atoms with van der Waals surface area (Å²) in [6.07, 6.45) is 6.33. The van der Waals surface area contributed by atoms with Crippen LogP contribution in [0.25, 0.3) is 0 Å². The van der Waals surface area contributed by atoms with Crippen molar-refractivity contribution in [1.82, 2.24) is 5.32 Å². The largest absolute Gasteiger partial charge is 0.398 e. The van der Waals surface area contributed by atoms with E-state index in [0.29, 0.717) is 17.2 Å². The van der Waals surface area contributed by atoms with E-state index >= 15 is 0 Å². The van der Waals surface area contributed by atoms with Gasteiger partial charge in [-0.2, -0.15) is 0 Å². The van der Waals surface area contributed by atoms with Crippen LogP contribution in [0.2, 0.25) is 0 Å².